The first-order valence-corrected chi connectivity index (χ1v) is 9.75. The standard InChI is InChI=1S/C19H16N6O3S2/c1-28-16-6-3-2-5-14(16)23-18(29)24-22-12-13-7-8-17(15(11-13)25(26)27)30-19-20-9-4-10-21-19/h2-12H,1H3,(H2,23,24,29)/b22-12+. The van der Waals surface area contributed by atoms with Crippen molar-refractivity contribution >= 4 is 46.7 Å². The molecular weight excluding hydrogens is 424 g/mol. The number of nitrogens with one attached hydrogen (secondary N) is 2. The monoisotopic (exact) mass is 440 g/mol. The first kappa shape index (κ1) is 21.1. The number of rotatable bonds is 7. The van der Waals surface area contributed by atoms with Crippen molar-refractivity contribution in [1.29, 1.82) is 0 Å². The number of aromatic nitrogens is 2. The van der Waals surface area contributed by atoms with Crippen molar-refractivity contribution in [3.8, 4) is 5.75 Å². The van der Waals surface area contributed by atoms with E-state index in [1.165, 1.54) is 12.3 Å². The van der Waals surface area contributed by atoms with Crippen molar-refractivity contribution in [1.82, 2.24) is 15.4 Å². The molecule has 0 aliphatic carbocycles. The van der Waals surface area contributed by atoms with Gasteiger partial charge in [-0.15, -0.1) is 0 Å². The third kappa shape index (κ3) is 5.72. The van der Waals surface area contributed by atoms with E-state index in [9.17, 15) is 10.1 Å². The molecule has 3 aromatic rings. The second-order valence-electron chi connectivity index (χ2n) is 5.64. The highest BCUT2D eigenvalue weighted by atomic mass is 32.2. The molecule has 0 aliphatic rings. The molecule has 1 heterocycles. The number of para-hydroxylation sites is 2. The van der Waals surface area contributed by atoms with Gasteiger partial charge in [-0.3, -0.25) is 15.5 Å². The summed E-state index contributed by atoms with van der Waals surface area (Å²) < 4.78 is 5.25. The fourth-order valence-electron chi connectivity index (χ4n) is 2.34. The van der Waals surface area contributed by atoms with Gasteiger partial charge < -0.3 is 10.1 Å². The van der Waals surface area contributed by atoms with Gasteiger partial charge in [0.15, 0.2) is 10.3 Å². The summed E-state index contributed by atoms with van der Waals surface area (Å²) in [4.78, 5) is 19.6. The van der Waals surface area contributed by atoms with Gasteiger partial charge in [0.05, 0.1) is 28.8 Å². The molecule has 0 saturated carbocycles. The third-order valence-electron chi connectivity index (χ3n) is 3.66. The highest BCUT2D eigenvalue weighted by Crippen LogP contribution is 2.33. The molecule has 0 atom stereocenters. The molecule has 0 spiro atoms. The number of nitro groups is 1. The fourth-order valence-corrected chi connectivity index (χ4v) is 3.30. The average molecular weight is 441 g/mol. The van der Waals surface area contributed by atoms with E-state index >= 15 is 0 Å². The number of ether oxygens (including phenoxy) is 1. The van der Waals surface area contributed by atoms with Crippen LogP contribution in [0.2, 0.25) is 0 Å². The summed E-state index contributed by atoms with van der Waals surface area (Å²) in [7, 11) is 1.56. The van der Waals surface area contributed by atoms with Crippen LogP contribution in [0.4, 0.5) is 11.4 Å². The maximum atomic E-state index is 11.5. The number of hydrogen-bond acceptors (Lipinski definition) is 8. The summed E-state index contributed by atoms with van der Waals surface area (Å²) in [6.07, 6.45) is 4.60. The van der Waals surface area contributed by atoms with E-state index in [-0.39, 0.29) is 10.8 Å². The SMILES string of the molecule is COc1ccccc1NC(=S)N/N=C/c1ccc(Sc2ncccn2)c([N+](=O)[O-])c1. The van der Waals surface area contributed by atoms with E-state index in [2.05, 4.69) is 25.8 Å². The molecule has 152 valence electrons. The first-order chi connectivity index (χ1) is 14.6. The summed E-state index contributed by atoms with van der Waals surface area (Å²) in [6.45, 7) is 0. The van der Waals surface area contributed by atoms with E-state index in [4.69, 9.17) is 17.0 Å². The van der Waals surface area contributed by atoms with Crippen molar-refractivity contribution < 1.29 is 9.66 Å². The molecular formula is C19H16N6O3S2. The number of benzene rings is 2. The number of anilines is 1. The number of hydrazone groups is 1. The maximum Gasteiger partial charge on any atom is 0.283 e. The van der Waals surface area contributed by atoms with Gasteiger partial charge in [0.1, 0.15) is 5.75 Å². The van der Waals surface area contributed by atoms with Crippen LogP contribution in [0.3, 0.4) is 0 Å². The van der Waals surface area contributed by atoms with Gasteiger partial charge in [0.2, 0.25) is 0 Å². The molecule has 0 radical (unpaired) electrons. The van der Waals surface area contributed by atoms with E-state index in [0.717, 1.165) is 11.8 Å². The minimum atomic E-state index is -0.454. The van der Waals surface area contributed by atoms with Crippen molar-refractivity contribution in [2.24, 2.45) is 5.10 Å². The maximum absolute atomic E-state index is 11.5. The number of thiocarbonyl (C=S) groups is 1. The molecule has 2 aromatic carbocycles. The molecule has 0 bridgehead atoms. The number of nitrogens with zero attached hydrogens (tertiary/aromatic N) is 4. The lowest BCUT2D eigenvalue weighted by atomic mass is 10.2. The van der Waals surface area contributed by atoms with Crippen LogP contribution in [0.25, 0.3) is 0 Å². The van der Waals surface area contributed by atoms with Gasteiger partial charge >= 0.3 is 0 Å². The number of hydrogen-bond donors (Lipinski definition) is 2. The molecule has 0 saturated heterocycles. The zero-order chi connectivity index (χ0) is 21.3. The molecule has 11 heteroatoms. The topological polar surface area (TPSA) is 115 Å². The lowest BCUT2D eigenvalue weighted by Crippen LogP contribution is -2.24. The average Bonchev–Trinajstić information content (AvgIpc) is 2.75. The smallest absolute Gasteiger partial charge is 0.283 e. The summed E-state index contributed by atoms with van der Waals surface area (Å²) in [5.41, 5.74) is 3.83. The lowest BCUT2D eigenvalue weighted by molar-refractivity contribution is -0.387. The molecule has 3 rings (SSSR count). The van der Waals surface area contributed by atoms with Gasteiger partial charge in [-0.25, -0.2) is 9.97 Å². The molecule has 2 N–H and O–H groups in total. The fraction of sp³-hybridized carbons (Fsp3) is 0.0526. The predicted octanol–water partition coefficient (Wildman–Crippen LogP) is 3.87. The van der Waals surface area contributed by atoms with Gasteiger partial charge in [-0.05, 0) is 48.2 Å². The molecule has 1 aromatic heterocycles. The van der Waals surface area contributed by atoms with Gasteiger partial charge in [0, 0.05) is 24.0 Å². The molecule has 0 unspecified atom stereocenters. The van der Waals surface area contributed by atoms with Crippen LogP contribution in [0.1, 0.15) is 5.56 Å². The predicted molar refractivity (Wildman–Crippen MR) is 119 cm³/mol. The van der Waals surface area contributed by atoms with E-state index < -0.39 is 4.92 Å². The summed E-state index contributed by atoms with van der Waals surface area (Å²) in [6, 6.07) is 13.7. The van der Waals surface area contributed by atoms with Crippen LogP contribution in [-0.2, 0) is 0 Å². The molecule has 0 aliphatic heterocycles. The molecule has 0 fully saturated rings. The zero-order valence-corrected chi connectivity index (χ0v) is 17.3. The van der Waals surface area contributed by atoms with Crippen molar-refractivity contribution in [3.05, 3.63) is 76.6 Å². The lowest BCUT2D eigenvalue weighted by Gasteiger charge is -2.10. The molecule has 30 heavy (non-hydrogen) atoms. The van der Waals surface area contributed by atoms with Gasteiger partial charge in [-0.1, -0.05) is 18.2 Å². The van der Waals surface area contributed by atoms with Crippen LogP contribution >= 0.6 is 24.0 Å². The van der Waals surface area contributed by atoms with Crippen LogP contribution in [-0.4, -0.2) is 33.3 Å². The minimum Gasteiger partial charge on any atom is -0.495 e. The molecule has 0 amide bonds. The zero-order valence-electron chi connectivity index (χ0n) is 15.7. The summed E-state index contributed by atoms with van der Waals surface area (Å²) in [5.74, 6) is 0.636. The van der Waals surface area contributed by atoms with Crippen molar-refractivity contribution in [2.75, 3.05) is 12.4 Å². The third-order valence-corrected chi connectivity index (χ3v) is 4.81. The largest absolute Gasteiger partial charge is 0.495 e. The Labute approximate surface area is 181 Å². The Kier molecular flexibility index (Phi) is 7.24. The Morgan fingerprint density at radius 3 is 2.73 bits per heavy atom. The normalized spacial score (nSPS) is 10.6. The van der Waals surface area contributed by atoms with Crippen LogP contribution in [0.5, 0.6) is 5.75 Å². The summed E-state index contributed by atoms with van der Waals surface area (Å²) in [5, 5.41) is 19.1. The van der Waals surface area contributed by atoms with Crippen LogP contribution in [0, 0.1) is 10.1 Å². The molecule has 9 nitrogen and oxygen atoms in total. The Hall–Kier alpha value is -3.57. The highest BCUT2D eigenvalue weighted by molar-refractivity contribution is 7.99. The van der Waals surface area contributed by atoms with E-state index in [1.54, 1.807) is 43.8 Å². The number of methoxy groups -OCH3 is 1. The second kappa shape index (κ2) is 10.3. The first-order valence-electron chi connectivity index (χ1n) is 8.53. The van der Waals surface area contributed by atoms with Crippen molar-refractivity contribution in [2.45, 2.75) is 10.1 Å². The Morgan fingerprint density at radius 1 is 1.23 bits per heavy atom. The van der Waals surface area contributed by atoms with Gasteiger partial charge in [-0.2, -0.15) is 5.10 Å². The van der Waals surface area contributed by atoms with E-state index in [1.807, 2.05) is 18.2 Å². The van der Waals surface area contributed by atoms with Crippen LogP contribution in [0.15, 0.2) is 76.1 Å². The quantitative estimate of drug-likeness (QED) is 0.186. The van der Waals surface area contributed by atoms with E-state index in [0.29, 0.717) is 27.1 Å². The van der Waals surface area contributed by atoms with Crippen LogP contribution < -0.4 is 15.5 Å². The Morgan fingerprint density at radius 2 is 2.00 bits per heavy atom. The Balaban J connectivity index is 1.67. The highest BCUT2D eigenvalue weighted by Gasteiger charge is 2.16. The second-order valence-corrected chi connectivity index (χ2v) is 7.06. The number of nitro benzene ring substituents is 1. The Bertz CT molecular complexity index is 1080. The minimum absolute atomic E-state index is 0.0638. The summed E-state index contributed by atoms with van der Waals surface area (Å²) >= 11 is 6.32. The van der Waals surface area contributed by atoms with Crippen molar-refractivity contribution in [3.63, 3.8) is 0 Å². The van der Waals surface area contributed by atoms with Gasteiger partial charge in [0.25, 0.3) is 5.69 Å².